The molecule has 1 atom stereocenters. The van der Waals surface area contributed by atoms with Crippen molar-refractivity contribution in [3.8, 4) is 5.75 Å². The number of ether oxygens (including phenoxy) is 3. The number of carbonyl (C=O) groups excluding carboxylic acids is 4. The molecule has 12 heteroatoms. The van der Waals surface area contributed by atoms with Crippen LogP contribution in [0.4, 0.5) is 15.3 Å². The second-order valence-electron chi connectivity index (χ2n) is 8.70. The zero-order valence-electron chi connectivity index (χ0n) is 20.9. The maximum Gasteiger partial charge on any atom is 0.441 e. The summed E-state index contributed by atoms with van der Waals surface area (Å²) in [6.07, 6.45) is -1.77. The van der Waals surface area contributed by atoms with Crippen LogP contribution < -0.4 is 15.4 Å². The molecular formula is C26H29N5O7. The molecule has 2 saturated heterocycles. The van der Waals surface area contributed by atoms with Gasteiger partial charge in [0.15, 0.2) is 0 Å². The van der Waals surface area contributed by atoms with Gasteiger partial charge in [0, 0.05) is 30.9 Å². The third-order valence-electron chi connectivity index (χ3n) is 5.99. The summed E-state index contributed by atoms with van der Waals surface area (Å²) in [6.45, 7) is 3.70. The van der Waals surface area contributed by atoms with Crippen LogP contribution in [0.5, 0.6) is 5.75 Å². The molecule has 0 saturated carbocycles. The minimum absolute atomic E-state index is 0.0221. The van der Waals surface area contributed by atoms with Crippen LogP contribution in [0.3, 0.4) is 0 Å². The molecule has 1 unspecified atom stereocenters. The molecule has 0 radical (unpaired) electrons. The molecule has 2 aliphatic rings. The van der Waals surface area contributed by atoms with Gasteiger partial charge in [-0.25, -0.2) is 9.59 Å². The lowest BCUT2D eigenvalue weighted by atomic mass is 10.1. The van der Waals surface area contributed by atoms with Gasteiger partial charge < -0.3 is 24.8 Å². The number of carbonyl (C=O) groups is 4. The minimum Gasteiger partial charge on any atom is -0.465 e. The number of amides is 3. The Morgan fingerprint density at radius 2 is 1.82 bits per heavy atom. The number of esters is 1. The second-order valence-corrected chi connectivity index (χ2v) is 8.70. The number of anilines is 1. The number of para-hydroxylation sites is 1. The van der Waals surface area contributed by atoms with Gasteiger partial charge in [0.05, 0.1) is 19.7 Å². The van der Waals surface area contributed by atoms with Crippen LogP contribution in [0.25, 0.3) is 0 Å². The average molecular weight is 524 g/mol. The molecule has 200 valence electrons. The summed E-state index contributed by atoms with van der Waals surface area (Å²) >= 11 is 0. The Balaban J connectivity index is 1.29. The normalized spacial score (nSPS) is 18.3. The summed E-state index contributed by atoms with van der Waals surface area (Å²) in [5.74, 6) is -0.269. The van der Waals surface area contributed by atoms with E-state index in [9.17, 15) is 19.2 Å². The largest absolute Gasteiger partial charge is 0.465 e. The lowest BCUT2D eigenvalue weighted by Crippen LogP contribution is -2.53. The van der Waals surface area contributed by atoms with Gasteiger partial charge in [0.1, 0.15) is 24.2 Å². The Hall–Kier alpha value is -4.45. The average Bonchev–Trinajstić information content (AvgIpc) is 3.26. The van der Waals surface area contributed by atoms with Crippen LogP contribution in [-0.4, -0.2) is 91.7 Å². The molecule has 2 heterocycles. The summed E-state index contributed by atoms with van der Waals surface area (Å²) in [4.78, 5) is 57.3. The van der Waals surface area contributed by atoms with Gasteiger partial charge in [0.25, 0.3) is 0 Å². The maximum absolute atomic E-state index is 12.5. The Labute approximate surface area is 219 Å². The molecule has 0 bridgehead atoms. The van der Waals surface area contributed by atoms with E-state index < -0.39 is 24.3 Å². The van der Waals surface area contributed by atoms with E-state index in [1.807, 2.05) is 4.90 Å². The molecule has 0 aromatic heterocycles. The molecule has 12 nitrogen and oxygen atoms in total. The van der Waals surface area contributed by atoms with E-state index in [0.717, 1.165) is 0 Å². The molecular weight excluding hydrogens is 494 g/mol. The maximum atomic E-state index is 12.5. The molecule has 2 aromatic rings. The van der Waals surface area contributed by atoms with E-state index in [1.54, 1.807) is 61.5 Å². The fourth-order valence-electron chi connectivity index (χ4n) is 4.15. The molecule has 0 aliphatic carbocycles. The fraction of sp³-hybridized carbons (Fsp3) is 0.346. The van der Waals surface area contributed by atoms with Crippen molar-refractivity contribution in [2.45, 2.75) is 13.0 Å². The summed E-state index contributed by atoms with van der Waals surface area (Å²) in [6, 6.07) is 15.2. The zero-order valence-corrected chi connectivity index (χ0v) is 20.9. The van der Waals surface area contributed by atoms with Crippen LogP contribution in [0.2, 0.25) is 0 Å². The SMILES string of the molecule is CCOC(=O)CN1CCN(CC2CN(c3ccc(C(N)=NC(=O)Oc4ccccc4)cc3)C(=O)O2)CC1=O. The van der Waals surface area contributed by atoms with E-state index in [-0.39, 0.29) is 31.4 Å². The van der Waals surface area contributed by atoms with E-state index in [1.165, 1.54) is 9.80 Å². The van der Waals surface area contributed by atoms with Gasteiger partial charge in [-0.2, -0.15) is 4.99 Å². The number of piperazine rings is 1. The smallest absolute Gasteiger partial charge is 0.441 e. The monoisotopic (exact) mass is 523 g/mol. The number of nitrogens with zero attached hydrogens (tertiary/aromatic N) is 4. The molecule has 2 N–H and O–H groups in total. The van der Waals surface area contributed by atoms with Crippen molar-refractivity contribution < 1.29 is 33.4 Å². The van der Waals surface area contributed by atoms with Crippen molar-refractivity contribution in [2.24, 2.45) is 10.7 Å². The highest BCUT2D eigenvalue weighted by molar-refractivity contribution is 6.03. The molecule has 0 spiro atoms. The van der Waals surface area contributed by atoms with E-state index >= 15 is 0 Å². The lowest BCUT2D eigenvalue weighted by Gasteiger charge is -2.34. The van der Waals surface area contributed by atoms with E-state index in [0.29, 0.717) is 43.2 Å². The number of aliphatic imine (C=N–C) groups is 1. The summed E-state index contributed by atoms with van der Waals surface area (Å²) in [5, 5.41) is 0. The Morgan fingerprint density at radius 1 is 1.08 bits per heavy atom. The molecule has 2 fully saturated rings. The molecule has 2 aromatic carbocycles. The molecule has 38 heavy (non-hydrogen) atoms. The Morgan fingerprint density at radius 3 is 2.50 bits per heavy atom. The Bertz CT molecular complexity index is 1200. The zero-order chi connectivity index (χ0) is 27.1. The van der Waals surface area contributed by atoms with E-state index in [4.69, 9.17) is 19.9 Å². The fourth-order valence-corrected chi connectivity index (χ4v) is 4.15. The van der Waals surface area contributed by atoms with Crippen molar-refractivity contribution in [1.82, 2.24) is 9.80 Å². The van der Waals surface area contributed by atoms with Gasteiger partial charge >= 0.3 is 18.2 Å². The van der Waals surface area contributed by atoms with Gasteiger partial charge in [-0.15, -0.1) is 0 Å². The highest BCUT2D eigenvalue weighted by Gasteiger charge is 2.35. The number of cyclic esters (lactones) is 1. The van der Waals surface area contributed by atoms with Crippen molar-refractivity contribution in [1.29, 1.82) is 0 Å². The van der Waals surface area contributed by atoms with Crippen LogP contribution in [-0.2, 0) is 19.1 Å². The van der Waals surface area contributed by atoms with Crippen LogP contribution >= 0.6 is 0 Å². The van der Waals surface area contributed by atoms with Gasteiger partial charge in [0.2, 0.25) is 5.91 Å². The van der Waals surface area contributed by atoms with Gasteiger partial charge in [-0.3, -0.25) is 19.4 Å². The summed E-state index contributed by atoms with van der Waals surface area (Å²) < 4.78 is 15.5. The van der Waals surface area contributed by atoms with Crippen molar-refractivity contribution >= 4 is 35.6 Å². The summed E-state index contributed by atoms with van der Waals surface area (Å²) in [7, 11) is 0. The highest BCUT2D eigenvalue weighted by atomic mass is 16.6. The van der Waals surface area contributed by atoms with E-state index in [2.05, 4.69) is 4.99 Å². The standard InChI is InChI=1S/C26H29N5O7/c1-2-36-23(33)17-30-13-12-29(16-22(30)32)14-21-15-31(26(35)38-21)19-10-8-18(9-11-19)24(27)28-25(34)37-20-6-4-3-5-7-20/h3-11,21H,2,12-17H2,1H3,(H2,27,28,34). The van der Waals surface area contributed by atoms with Crippen LogP contribution in [0, 0.1) is 0 Å². The van der Waals surface area contributed by atoms with Crippen molar-refractivity contribution in [3.63, 3.8) is 0 Å². The third-order valence-corrected chi connectivity index (χ3v) is 5.99. The third kappa shape index (κ3) is 6.85. The first-order chi connectivity index (χ1) is 18.3. The first kappa shape index (κ1) is 26.6. The minimum atomic E-state index is -0.844. The Kier molecular flexibility index (Phi) is 8.54. The first-order valence-electron chi connectivity index (χ1n) is 12.2. The molecule has 2 aliphatic heterocycles. The van der Waals surface area contributed by atoms with Gasteiger partial charge in [-0.1, -0.05) is 18.2 Å². The highest BCUT2D eigenvalue weighted by Crippen LogP contribution is 2.23. The lowest BCUT2D eigenvalue weighted by molar-refractivity contribution is -0.151. The van der Waals surface area contributed by atoms with Gasteiger partial charge in [-0.05, 0) is 43.3 Å². The number of rotatable bonds is 8. The number of benzene rings is 2. The molecule has 4 rings (SSSR count). The topological polar surface area (TPSA) is 144 Å². The predicted octanol–water partition coefficient (Wildman–Crippen LogP) is 1.62. The second kappa shape index (κ2) is 12.2. The van der Waals surface area contributed by atoms with Crippen LogP contribution in [0.1, 0.15) is 12.5 Å². The van der Waals surface area contributed by atoms with Crippen molar-refractivity contribution in [2.75, 3.05) is 50.8 Å². The number of amidine groups is 1. The number of nitrogens with two attached hydrogens (primary N) is 1. The predicted molar refractivity (Wildman–Crippen MR) is 137 cm³/mol. The first-order valence-corrected chi connectivity index (χ1v) is 12.2. The quantitative estimate of drug-likeness (QED) is 0.310. The molecule has 3 amide bonds. The van der Waals surface area contributed by atoms with Crippen molar-refractivity contribution in [3.05, 3.63) is 60.2 Å². The summed E-state index contributed by atoms with van der Waals surface area (Å²) in [5.41, 5.74) is 7.03. The van der Waals surface area contributed by atoms with Crippen LogP contribution in [0.15, 0.2) is 59.6 Å². The number of hydrogen-bond acceptors (Lipinski definition) is 8. The number of hydrogen-bond donors (Lipinski definition) is 1.